The monoisotopic (exact) mass is 848 g/mol. The van der Waals surface area contributed by atoms with Gasteiger partial charge in [-0.25, -0.2) is 9.03 Å². The lowest BCUT2D eigenvalue weighted by atomic mass is 10.0. The average molecular weight is 849 g/mol. The lowest BCUT2D eigenvalue weighted by Crippen LogP contribution is -2.12. The molecule has 0 radical (unpaired) electrons. The van der Waals surface area contributed by atoms with Crippen LogP contribution in [0.25, 0.3) is 87.7 Å². The Hall–Kier alpha value is -9.14. The number of para-hydroxylation sites is 6. The van der Waals surface area contributed by atoms with Gasteiger partial charge in [-0.1, -0.05) is 109 Å². The minimum absolute atomic E-state index is 0.696. The second kappa shape index (κ2) is 13.2. The molecule has 9 aromatic carbocycles. The second-order valence-corrected chi connectivity index (χ2v) is 17.1. The molecule has 0 unspecified atom stereocenters. The van der Waals surface area contributed by atoms with Crippen LogP contribution in [0.3, 0.4) is 0 Å². The standard InChI is InChI=1S/C58H36N6O2/c1-5-17-39(18-6-1)61(40-19-7-2-8-20-40)43-31-47-45-25-13-15-37-27-29-59(55(37)45)63-49-35-50-52(36-51(49)65-53(33-43)57(47)63)66-54-34-44(62(41-21-9-3-10-22-41)42-23-11-4-12-24-42)32-48-46-26-14-16-38-28-30-60(56(38)46)64(50)58(48)54/h1-36H. The maximum Gasteiger partial charge on any atom is 0.157 e. The van der Waals surface area contributed by atoms with Gasteiger partial charge in [-0.05, 0) is 78.9 Å². The van der Waals surface area contributed by atoms with Gasteiger partial charge in [0.05, 0.1) is 22.4 Å². The molecule has 66 heavy (non-hydrogen) atoms. The van der Waals surface area contributed by atoms with E-state index in [9.17, 15) is 0 Å². The molecule has 0 aliphatic carbocycles. The van der Waals surface area contributed by atoms with Crippen LogP contribution in [0.5, 0.6) is 0 Å². The molecule has 0 aliphatic rings. The van der Waals surface area contributed by atoms with Crippen molar-refractivity contribution in [1.29, 1.82) is 0 Å². The molecular weight excluding hydrogens is 813 g/mol. The summed E-state index contributed by atoms with van der Waals surface area (Å²) in [6.45, 7) is 0. The zero-order valence-electron chi connectivity index (χ0n) is 35.3. The first-order chi connectivity index (χ1) is 32.7. The molecule has 0 saturated carbocycles. The van der Waals surface area contributed by atoms with E-state index < -0.39 is 0 Å². The molecule has 15 aromatic rings. The molecule has 8 nitrogen and oxygen atoms in total. The third-order valence-electron chi connectivity index (χ3n) is 13.4. The van der Waals surface area contributed by atoms with Gasteiger partial charge in [0.15, 0.2) is 22.3 Å². The molecular formula is C58H36N6O2. The minimum Gasteiger partial charge on any atom is -0.453 e. The summed E-state index contributed by atoms with van der Waals surface area (Å²) >= 11 is 0. The van der Waals surface area contributed by atoms with Crippen LogP contribution in [0.4, 0.5) is 34.1 Å². The molecule has 0 fully saturated rings. The van der Waals surface area contributed by atoms with Crippen LogP contribution in [0, 0.1) is 0 Å². The SMILES string of the molecule is c1ccc(N(c2ccccc2)c2cc3oc4cc5oc6cc(N(c7ccccc7)c7ccccc7)cc7c8cccc9ccn(c98)n(c5cc4n4c3c(c2)c2cccc3ccn4c32)c67)cc1. The molecule has 0 atom stereocenters. The molecule has 6 aromatic heterocycles. The van der Waals surface area contributed by atoms with Crippen molar-refractivity contribution in [3.63, 3.8) is 0 Å². The van der Waals surface area contributed by atoms with Gasteiger partial charge in [0, 0.05) is 85.7 Å². The van der Waals surface area contributed by atoms with Crippen LogP contribution in [0.1, 0.15) is 0 Å². The van der Waals surface area contributed by atoms with Crippen LogP contribution >= 0.6 is 0 Å². The molecule has 0 spiro atoms. The fraction of sp³-hybridized carbons (Fsp3) is 0. The second-order valence-electron chi connectivity index (χ2n) is 17.1. The first-order valence-corrected chi connectivity index (χ1v) is 22.3. The van der Waals surface area contributed by atoms with Gasteiger partial charge in [0.25, 0.3) is 0 Å². The van der Waals surface area contributed by atoms with Gasteiger partial charge >= 0.3 is 0 Å². The first kappa shape index (κ1) is 35.3. The average Bonchev–Trinajstić information content (AvgIpc) is 4.01. The summed E-state index contributed by atoms with van der Waals surface area (Å²) in [7, 11) is 0. The highest BCUT2D eigenvalue weighted by molar-refractivity contribution is 6.18. The van der Waals surface area contributed by atoms with Crippen molar-refractivity contribution in [3.8, 4) is 0 Å². The summed E-state index contributed by atoms with van der Waals surface area (Å²) < 4.78 is 23.7. The summed E-state index contributed by atoms with van der Waals surface area (Å²) in [5, 5.41) is 6.82. The highest BCUT2D eigenvalue weighted by Crippen LogP contribution is 2.45. The zero-order chi connectivity index (χ0) is 43.0. The van der Waals surface area contributed by atoms with Crippen molar-refractivity contribution in [1.82, 2.24) is 18.1 Å². The van der Waals surface area contributed by atoms with Crippen LogP contribution in [-0.4, -0.2) is 18.1 Å². The van der Waals surface area contributed by atoms with Gasteiger partial charge in [0.2, 0.25) is 0 Å². The summed E-state index contributed by atoms with van der Waals surface area (Å²) in [6.07, 6.45) is 4.35. The van der Waals surface area contributed by atoms with E-state index in [0.717, 1.165) is 99.9 Å². The molecule has 6 heterocycles. The summed E-state index contributed by atoms with van der Waals surface area (Å²) in [5.74, 6) is 0. The van der Waals surface area contributed by atoms with Crippen molar-refractivity contribution >= 4 is 122 Å². The maximum absolute atomic E-state index is 7.22. The number of nitrogens with zero attached hydrogens (tertiary/aromatic N) is 6. The van der Waals surface area contributed by atoms with Crippen LogP contribution in [-0.2, 0) is 0 Å². The highest BCUT2D eigenvalue weighted by atomic mass is 16.3. The molecule has 15 rings (SSSR count). The molecule has 310 valence electrons. The Balaban J connectivity index is 1.08. The number of anilines is 6. The third kappa shape index (κ3) is 4.87. The maximum atomic E-state index is 7.22. The minimum atomic E-state index is 0.696. The quantitative estimate of drug-likeness (QED) is 0.124. The Bertz CT molecular complexity index is 4040. The lowest BCUT2D eigenvalue weighted by Gasteiger charge is -2.27. The molecule has 0 bridgehead atoms. The van der Waals surface area contributed by atoms with Crippen molar-refractivity contribution < 1.29 is 8.83 Å². The summed E-state index contributed by atoms with van der Waals surface area (Å²) in [6, 6.07) is 73.0. The lowest BCUT2D eigenvalue weighted by molar-refractivity contribution is 0.634. The normalized spacial score (nSPS) is 12.2. The number of fused-ring (bicyclic) bond motifs is 8. The van der Waals surface area contributed by atoms with Gasteiger partial charge < -0.3 is 18.6 Å². The van der Waals surface area contributed by atoms with E-state index in [4.69, 9.17) is 8.83 Å². The topological polar surface area (TPSA) is 50.4 Å². The number of hydrogen-bond donors (Lipinski definition) is 0. The molecule has 0 aliphatic heterocycles. The summed E-state index contributed by atoms with van der Waals surface area (Å²) in [5.41, 5.74) is 15.2. The Labute approximate surface area is 375 Å². The zero-order valence-corrected chi connectivity index (χ0v) is 35.3. The largest absolute Gasteiger partial charge is 0.453 e. The Kier molecular flexibility index (Phi) is 7.07. The van der Waals surface area contributed by atoms with E-state index in [0.29, 0.717) is 11.2 Å². The van der Waals surface area contributed by atoms with Crippen LogP contribution in [0.2, 0.25) is 0 Å². The Morgan fingerprint density at radius 2 is 0.682 bits per heavy atom. The number of benzene rings is 9. The van der Waals surface area contributed by atoms with Crippen molar-refractivity contribution in [2.24, 2.45) is 0 Å². The first-order valence-electron chi connectivity index (χ1n) is 22.3. The predicted octanol–water partition coefficient (Wildman–Crippen LogP) is 15.7. The number of aromatic nitrogens is 4. The van der Waals surface area contributed by atoms with Crippen LogP contribution < -0.4 is 9.80 Å². The molecule has 0 saturated heterocycles. The molecule has 8 heteroatoms. The van der Waals surface area contributed by atoms with Gasteiger partial charge in [-0.15, -0.1) is 0 Å². The van der Waals surface area contributed by atoms with Gasteiger partial charge in [-0.2, -0.15) is 0 Å². The van der Waals surface area contributed by atoms with E-state index in [-0.39, 0.29) is 0 Å². The molecule has 0 N–H and O–H groups in total. The van der Waals surface area contributed by atoms with E-state index in [1.54, 1.807) is 0 Å². The summed E-state index contributed by atoms with van der Waals surface area (Å²) in [4.78, 5) is 4.60. The fourth-order valence-corrected chi connectivity index (χ4v) is 10.7. The van der Waals surface area contributed by atoms with Gasteiger partial charge in [0.1, 0.15) is 22.1 Å². The molecule has 0 amide bonds. The van der Waals surface area contributed by atoms with E-state index in [1.807, 2.05) is 0 Å². The fourth-order valence-electron chi connectivity index (χ4n) is 10.7. The van der Waals surface area contributed by atoms with Crippen LogP contribution in [0.15, 0.2) is 227 Å². The Morgan fingerprint density at radius 1 is 0.288 bits per heavy atom. The highest BCUT2D eigenvalue weighted by Gasteiger charge is 2.25. The predicted molar refractivity (Wildman–Crippen MR) is 269 cm³/mol. The smallest absolute Gasteiger partial charge is 0.157 e. The van der Waals surface area contributed by atoms with Crippen molar-refractivity contribution in [2.75, 3.05) is 9.80 Å². The van der Waals surface area contributed by atoms with E-state index >= 15 is 0 Å². The van der Waals surface area contributed by atoms with Crippen molar-refractivity contribution in [2.45, 2.75) is 0 Å². The Morgan fingerprint density at radius 3 is 1.08 bits per heavy atom. The number of hydrogen-bond acceptors (Lipinski definition) is 4. The van der Waals surface area contributed by atoms with E-state index in [1.165, 1.54) is 10.8 Å². The third-order valence-corrected chi connectivity index (χ3v) is 13.4. The van der Waals surface area contributed by atoms with Gasteiger partial charge in [-0.3, -0.25) is 9.03 Å². The number of rotatable bonds is 6. The van der Waals surface area contributed by atoms with E-state index in [2.05, 4.69) is 247 Å². The van der Waals surface area contributed by atoms with Crippen molar-refractivity contribution in [3.05, 3.63) is 219 Å².